The van der Waals surface area contributed by atoms with Gasteiger partial charge in [-0.05, 0) is 31.0 Å². The Hall–Kier alpha value is -0.590. The molecule has 0 spiro atoms. The smallest absolute Gasteiger partial charge is 0.215 e. The Kier molecular flexibility index (Phi) is 6.38. The molecule has 0 aliphatic carbocycles. The zero-order valence-corrected chi connectivity index (χ0v) is 10.5. The van der Waals surface area contributed by atoms with Crippen molar-refractivity contribution < 1.29 is 9.05 Å². The van der Waals surface area contributed by atoms with Crippen LogP contribution in [0.2, 0.25) is 0 Å². The van der Waals surface area contributed by atoms with Crippen molar-refractivity contribution in [3.05, 3.63) is 29.8 Å². The van der Waals surface area contributed by atoms with E-state index >= 15 is 0 Å². The van der Waals surface area contributed by atoms with Gasteiger partial charge in [0.15, 0.2) is 0 Å². The molecule has 1 rings (SSSR count). The van der Waals surface area contributed by atoms with Crippen LogP contribution in [0, 0.1) is 6.92 Å². The summed E-state index contributed by atoms with van der Waals surface area (Å²) in [7, 11) is 0.117. The molecule has 0 fully saturated rings. The van der Waals surface area contributed by atoms with E-state index in [2.05, 4.69) is 19.9 Å². The summed E-state index contributed by atoms with van der Waals surface area (Å²) in [5.41, 5.74) is 1.21. The Morgan fingerprint density at radius 3 is 2.87 bits per heavy atom. The van der Waals surface area contributed by atoms with Gasteiger partial charge in [0.25, 0.3) is 0 Å². The number of hydrogen-bond acceptors (Lipinski definition) is 2. The summed E-state index contributed by atoms with van der Waals surface area (Å²) in [5, 5.41) is 0. The van der Waals surface area contributed by atoms with Crippen molar-refractivity contribution in [3.8, 4) is 5.75 Å². The van der Waals surface area contributed by atoms with Crippen molar-refractivity contribution in [2.75, 3.05) is 6.61 Å². The molecule has 0 bridgehead atoms. The summed E-state index contributed by atoms with van der Waals surface area (Å²) < 4.78 is 10.9. The Balaban J connectivity index is 2.10. The molecule has 0 N–H and O–H groups in total. The largest absolute Gasteiger partial charge is 0.450 e. The second-order valence-corrected chi connectivity index (χ2v) is 4.22. The minimum absolute atomic E-state index is 0.117. The van der Waals surface area contributed by atoms with Gasteiger partial charge in [0.1, 0.15) is 5.75 Å². The van der Waals surface area contributed by atoms with E-state index in [0.717, 1.165) is 18.8 Å². The van der Waals surface area contributed by atoms with E-state index in [9.17, 15) is 0 Å². The Bertz CT molecular complexity index is 276. The SMILES string of the molecule is CCCCCOPOc1cccc(C)c1. The molecule has 1 aromatic carbocycles. The molecule has 0 saturated carbocycles. The monoisotopic (exact) mass is 226 g/mol. The molecule has 3 heteroatoms. The minimum atomic E-state index is 0.117. The lowest BCUT2D eigenvalue weighted by molar-refractivity contribution is 0.318. The first-order chi connectivity index (χ1) is 7.33. The maximum absolute atomic E-state index is 5.47. The maximum Gasteiger partial charge on any atom is 0.215 e. The molecule has 15 heavy (non-hydrogen) atoms. The number of hydrogen-bond donors (Lipinski definition) is 0. The van der Waals surface area contributed by atoms with E-state index in [4.69, 9.17) is 9.05 Å². The molecule has 0 heterocycles. The van der Waals surface area contributed by atoms with Crippen LogP contribution in [0.1, 0.15) is 31.7 Å². The molecule has 84 valence electrons. The normalized spacial score (nSPS) is 11.1. The molecule has 0 radical (unpaired) electrons. The zero-order chi connectivity index (χ0) is 10.9. The van der Waals surface area contributed by atoms with Crippen LogP contribution in [-0.4, -0.2) is 6.61 Å². The minimum Gasteiger partial charge on any atom is -0.450 e. The molecule has 0 amide bonds. The third kappa shape index (κ3) is 5.76. The lowest BCUT2D eigenvalue weighted by Gasteiger charge is -2.06. The molecule has 0 aliphatic heterocycles. The fourth-order valence-electron chi connectivity index (χ4n) is 1.22. The number of benzene rings is 1. The summed E-state index contributed by atoms with van der Waals surface area (Å²) in [5.74, 6) is 0.892. The van der Waals surface area contributed by atoms with E-state index < -0.39 is 0 Å². The van der Waals surface area contributed by atoms with Crippen molar-refractivity contribution in [2.45, 2.75) is 33.1 Å². The van der Waals surface area contributed by atoms with Crippen molar-refractivity contribution in [3.63, 3.8) is 0 Å². The first-order valence-corrected chi connectivity index (χ1v) is 6.25. The van der Waals surface area contributed by atoms with Crippen molar-refractivity contribution >= 4 is 9.03 Å². The van der Waals surface area contributed by atoms with E-state index in [1.54, 1.807) is 0 Å². The second-order valence-electron chi connectivity index (χ2n) is 3.56. The van der Waals surface area contributed by atoms with Gasteiger partial charge in [-0.1, -0.05) is 31.9 Å². The van der Waals surface area contributed by atoms with Gasteiger partial charge in [-0.25, -0.2) is 0 Å². The highest BCUT2D eigenvalue weighted by Crippen LogP contribution is 2.22. The van der Waals surface area contributed by atoms with Crippen LogP contribution in [0.3, 0.4) is 0 Å². The lowest BCUT2D eigenvalue weighted by atomic mass is 10.2. The first kappa shape index (κ1) is 12.5. The molecular formula is C12H19O2P. The van der Waals surface area contributed by atoms with Crippen LogP contribution in [0.5, 0.6) is 5.75 Å². The van der Waals surface area contributed by atoms with Gasteiger partial charge < -0.3 is 9.05 Å². The summed E-state index contributed by atoms with van der Waals surface area (Å²) in [6.45, 7) is 5.04. The zero-order valence-electron chi connectivity index (χ0n) is 9.45. The Morgan fingerprint density at radius 2 is 2.13 bits per heavy atom. The number of rotatable bonds is 7. The van der Waals surface area contributed by atoms with Gasteiger partial charge in [-0.15, -0.1) is 0 Å². The average molecular weight is 226 g/mol. The van der Waals surface area contributed by atoms with Crippen LogP contribution < -0.4 is 4.52 Å². The topological polar surface area (TPSA) is 18.5 Å². The number of unbranched alkanes of at least 4 members (excludes halogenated alkanes) is 2. The maximum atomic E-state index is 5.47. The Labute approximate surface area is 93.9 Å². The molecule has 1 atom stereocenters. The van der Waals surface area contributed by atoms with E-state index in [1.165, 1.54) is 18.4 Å². The van der Waals surface area contributed by atoms with E-state index in [-0.39, 0.29) is 9.03 Å². The summed E-state index contributed by atoms with van der Waals surface area (Å²) in [4.78, 5) is 0. The fraction of sp³-hybridized carbons (Fsp3) is 0.500. The first-order valence-electron chi connectivity index (χ1n) is 5.43. The second kappa shape index (κ2) is 7.67. The van der Waals surface area contributed by atoms with Gasteiger partial charge in [0.2, 0.25) is 9.03 Å². The molecule has 1 unspecified atom stereocenters. The van der Waals surface area contributed by atoms with Gasteiger partial charge in [-0.2, -0.15) is 0 Å². The van der Waals surface area contributed by atoms with Gasteiger partial charge in [-0.3, -0.25) is 0 Å². The third-order valence-corrected chi connectivity index (χ3v) is 2.70. The quantitative estimate of drug-likeness (QED) is 0.515. The predicted octanol–water partition coefficient (Wildman–Crippen LogP) is 4.09. The highest BCUT2D eigenvalue weighted by atomic mass is 31.1. The highest BCUT2D eigenvalue weighted by Gasteiger charge is 1.94. The van der Waals surface area contributed by atoms with Crippen molar-refractivity contribution in [2.24, 2.45) is 0 Å². The molecule has 1 aromatic rings. The van der Waals surface area contributed by atoms with E-state index in [0.29, 0.717) is 0 Å². The standard InChI is InChI=1S/C12H19O2P/c1-3-4-5-9-13-15-14-12-8-6-7-11(2)10-12/h6-8,10,15H,3-5,9H2,1-2H3. The molecule has 0 aliphatic rings. The molecule has 2 nitrogen and oxygen atoms in total. The van der Waals surface area contributed by atoms with Gasteiger partial charge >= 0.3 is 0 Å². The van der Waals surface area contributed by atoms with Crippen LogP contribution in [0.25, 0.3) is 0 Å². The summed E-state index contributed by atoms with van der Waals surface area (Å²) >= 11 is 0. The molecule has 0 aromatic heterocycles. The third-order valence-electron chi connectivity index (χ3n) is 2.06. The van der Waals surface area contributed by atoms with Crippen molar-refractivity contribution in [1.29, 1.82) is 0 Å². The summed E-state index contributed by atoms with van der Waals surface area (Å²) in [6, 6.07) is 8.02. The van der Waals surface area contributed by atoms with Crippen molar-refractivity contribution in [1.82, 2.24) is 0 Å². The van der Waals surface area contributed by atoms with Crippen LogP contribution in [-0.2, 0) is 4.52 Å². The fourth-order valence-corrected chi connectivity index (χ4v) is 1.73. The lowest BCUT2D eigenvalue weighted by Crippen LogP contribution is -1.87. The van der Waals surface area contributed by atoms with Crippen LogP contribution in [0.15, 0.2) is 24.3 Å². The summed E-state index contributed by atoms with van der Waals surface area (Å²) in [6.07, 6.45) is 3.58. The Morgan fingerprint density at radius 1 is 1.27 bits per heavy atom. The van der Waals surface area contributed by atoms with Gasteiger partial charge in [0, 0.05) is 0 Å². The predicted molar refractivity (Wildman–Crippen MR) is 65.6 cm³/mol. The molecular weight excluding hydrogens is 207 g/mol. The van der Waals surface area contributed by atoms with Crippen LogP contribution in [0.4, 0.5) is 0 Å². The highest BCUT2D eigenvalue weighted by molar-refractivity contribution is 7.26. The molecule has 0 saturated heterocycles. The van der Waals surface area contributed by atoms with Gasteiger partial charge in [0.05, 0.1) is 6.61 Å². The number of aryl methyl sites for hydroxylation is 1. The van der Waals surface area contributed by atoms with E-state index in [1.807, 2.05) is 18.2 Å². The van der Waals surface area contributed by atoms with Crippen LogP contribution >= 0.6 is 9.03 Å². The average Bonchev–Trinajstić information content (AvgIpc) is 2.23.